The van der Waals surface area contributed by atoms with Crippen molar-refractivity contribution >= 4 is 27.3 Å². The summed E-state index contributed by atoms with van der Waals surface area (Å²) in [6, 6.07) is 19.1. The molecule has 4 aromatic rings. The van der Waals surface area contributed by atoms with Crippen molar-refractivity contribution in [2.75, 3.05) is 7.11 Å². The van der Waals surface area contributed by atoms with Crippen LogP contribution < -0.4 is 4.74 Å². The number of ether oxygens (including phenoxy) is 1. The summed E-state index contributed by atoms with van der Waals surface area (Å²) in [5, 5.41) is 35.4. The van der Waals surface area contributed by atoms with Gasteiger partial charge in [-0.15, -0.1) is 0 Å². The number of hydrogen-bond acceptors (Lipinski definition) is 7. The zero-order valence-corrected chi connectivity index (χ0v) is 20.1. The number of benzene rings is 2. The number of halogens is 1. The van der Waals surface area contributed by atoms with Gasteiger partial charge in [-0.3, -0.25) is 0 Å². The number of methoxy groups -OCH3 is 1. The monoisotopic (exact) mass is 519 g/mol. The molecule has 0 amide bonds. The van der Waals surface area contributed by atoms with Gasteiger partial charge in [-0.25, -0.2) is 4.98 Å². The van der Waals surface area contributed by atoms with Crippen molar-refractivity contribution in [3.63, 3.8) is 0 Å². The minimum absolute atomic E-state index is 0.133. The van der Waals surface area contributed by atoms with Crippen molar-refractivity contribution in [3.05, 3.63) is 76.0 Å². The summed E-state index contributed by atoms with van der Waals surface area (Å²) in [5.74, 6) is -1.04. The van der Waals surface area contributed by atoms with Crippen molar-refractivity contribution in [1.82, 2.24) is 14.8 Å². The Balaban J connectivity index is 1.77. The average Bonchev–Trinajstić information content (AvgIpc) is 3.43. The van der Waals surface area contributed by atoms with Crippen LogP contribution in [0.5, 0.6) is 11.6 Å². The first-order valence-corrected chi connectivity index (χ1v) is 11.5. The van der Waals surface area contributed by atoms with Gasteiger partial charge in [0.25, 0.3) is 0 Å². The van der Waals surface area contributed by atoms with Crippen molar-refractivity contribution in [3.8, 4) is 39.3 Å². The highest BCUT2D eigenvalue weighted by Gasteiger charge is 2.32. The Hall–Kier alpha value is -3.66. The van der Waals surface area contributed by atoms with E-state index in [1.54, 1.807) is 20.2 Å². The third-order valence-corrected chi connectivity index (χ3v) is 6.83. The van der Waals surface area contributed by atoms with Crippen LogP contribution >= 0.6 is 27.3 Å². The standard InChI is InChI=1S/C24H18BrN5O2S/c1-14-21(22(17(11-26)12-27)16-3-7-18(25)8-4-16)23(31)30(29-14)24-28-13-20(33-24)15-5-9-19(32-2)10-6-15/h3-10,13,17,22,31H,1-2H3. The van der Waals surface area contributed by atoms with Gasteiger partial charge in [0.05, 0.1) is 29.8 Å². The van der Waals surface area contributed by atoms with Gasteiger partial charge in [0, 0.05) is 22.2 Å². The summed E-state index contributed by atoms with van der Waals surface area (Å²) in [6.45, 7) is 1.75. The Bertz CT molecular complexity index is 1350. The van der Waals surface area contributed by atoms with Crippen LogP contribution in [0.1, 0.15) is 22.7 Å². The molecule has 0 aliphatic rings. The van der Waals surface area contributed by atoms with E-state index in [1.165, 1.54) is 16.0 Å². The first-order valence-electron chi connectivity index (χ1n) is 9.90. The van der Waals surface area contributed by atoms with Crippen LogP contribution in [0.2, 0.25) is 0 Å². The van der Waals surface area contributed by atoms with Crippen molar-refractivity contribution < 1.29 is 9.84 Å². The molecule has 1 atom stereocenters. The van der Waals surface area contributed by atoms with Crippen LogP contribution in [0.4, 0.5) is 0 Å². The molecule has 0 bridgehead atoms. The molecule has 2 heterocycles. The van der Waals surface area contributed by atoms with Crippen LogP contribution in [-0.2, 0) is 0 Å². The highest BCUT2D eigenvalue weighted by atomic mass is 79.9. The van der Waals surface area contributed by atoms with Gasteiger partial charge in [-0.1, -0.05) is 39.4 Å². The van der Waals surface area contributed by atoms with Gasteiger partial charge in [0.2, 0.25) is 11.0 Å². The summed E-state index contributed by atoms with van der Waals surface area (Å²) in [5.41, 5.74) is 2.66. The van der Waals surface area contributed by atoms with Gasteiger partial charge < -0.3 is 9.84 Å². The lowest BCUT2D eigenvalue weighted by molar-refractivity contribution is 0.415. The molecule has 164 valence electrons. The number of aromatic hydroxyl groups is 1. The van der Waals surface area contributed by atoms with E-state index in [0.29, 0.717) is 16.4 Å². The predicted molar refractivity (Wildman–Crippen MR) is 128 cm³/mol. The second kappa shape index (κ2) is 9.45. The topological polar surface area (TPSA) is 108 Å². The smallest absolute Gasteiger partial charge is 0.220 e. The number of aryl methyl sites for hydroxylation is 1. The summed E-state index contributed by atoms with van der Waals surface area (Å²) in [6.07, 6.45) is 1.72. The second-order valence-corrected chi connectivity index (χ2v) is 9.16. The van der Waals surface area contributed by atoms with E-state index in [2.05, 4.69) is 38.2 Å². The molecule has 0 saturated heterocycles. The number of nitrogens with zero attached hydrogens (tertiary/aromatic N) is 5. The lowest BCUT2D eigenvalue weighted by atomic mass is 9.82. The molecule has 4 rings (SSSR count). The van der Waals surface area contributed by atoms with E-state index in [9.17, 15) is 15.6 Å². The molecule has 9 heteroatoms. The molecule has 0 radical (unpaired) electrons. The second-order valence-electron chi connectivity index (χ2n) is 7.24. The van der Waals surface area contributed by atoms with Crippen LogP contribution in [0, 0.1) is 35.5 Å². The first-order chi connectivity index (χ1) is 16.0. The maximum Gasteiger partial charge on any atom is 0.220 e. The van der Waals surface area contributed by atoms with Crippen LogP contribution in [0.25, 0.3) is 15.6 Å². The molecule has 2 aromatic carbocycles. The largest absolute Gasteiger partial charge is 0.497 e. The Morgan fingerprint density at radius 1 is 1.09 bits per heavy atom. The molecule has 0 spiro atoms. The fourth-order valence-electron chi connectivity index (χ4n) is 3.65. The quantitative estimate of drug-likeness (QED) is 0.356. The zero-order chi connectivity index (χ0) is 23.5. The van der Waals surface area contributed by atoms with E-state index in [1.807, 2.05) is 48.5 Å². The molecule has 0 saturated carbocycles. The van der Waals surface area contributed by atoms with Gasteiger partial charge in [-0.2, -0.15) is 20.3 Å². The number of rotatable bonds is 6. The zero-order valence-electron chi connectivity index (χ0n) is 17.7. The molecule has 2 aromatic heterocycles. The van der Waals surface area contributed by atoms with Gasteiger partial charge in [0.1, 0.15) is 11.7 Å². The highest BCUT2D eigenvalue weighted by molar-refractivity contribution is 9.10. The summed E-state index contributed by atoms with van der Waals surface area (Å²) in [7, 11) is 1.62. The van der Waals surface area contributed by atoms with E-state index < -0.39 is 11.8 Å². The average molecular weight is 520 g/mol. The van der Waals surface area contributed by atoms with E-state index in [-0.39, 0.29) is 5.88 Å². The van der Waals surface area contributed by atoms with Crippen LogP contribution in [0.15, 0.2) is 59.2 Å². The third kappa shape index (κ3) is 4.34. The third-order valence-electron chi connectivity index (χ3n) is 5.28. The Kier molecular flexibility index (Phi) is 6.45. The molecular weight excluding hydrogens is 502 g/mol. The SMILES string of the molecule is COc1ccc(-c2cnc(-n3nc(C)c(C(c4ccc(Br)cc4)C(C#N)C#N)c3O)s2)cc1. The lowest BCUT2D eigenvalue weighted by Gasteiger charge is -2.18. The summed E-state index contributed by atoms with van der Waals surface area (Å²) >= 11 is 4.78. The first kappa shape index (κ1) is 22.5. The predicted octanol–water partition coefficient (Wildman–Crippen LogP) is 5.58. The van der Waals surface area contributed by atoms with Gasteiger partial charge in [0.15, 0.2) is 0 Å². The van der Waals surface area contributed by atoms with Crippen molar-refractivity contribution in [2.45, 2.75) is 12.8 Å². The Morgan fingerprint density at radius 2 is 1.76 bits per heavy atom. The lowest BCUT2D eigenvalue weighted by Crippen LogP contribution is -2.12. The fraction of sp³-hybridized carbons (Fsp3) is 0.167. The van der Waals surface area contributed by atoms with Crippen LogP contribution in [0.3, 0.4) is 0 Å². The normalized spacial score (nSPS) is 11.7. The van der Waals surface area contributed by atoms with Gasteiger partial charge in [-0.05, 0) is 54.4 Å². The Morgan fingerprint density at radius 3 is 2.36 bits per heavy atom. The Labute approximate surface area is 203 Å². The number of hydrogen-bond donors (Lipinski definition) is 1. The van der Waals surface area contributed by atoms with Crippen molar-refractivity contribution in [1.29, 1.82) is 10.5 Å². The maximum absolute atomic E-state index is 11.2. The molecule has 0 fully saturated rings. The van der Waals surface area contributed by atoms with E-state index in [4.69, 9.17) is 4.74 Å². The summed E-state index contributed by atoms with van der Waals surface area (Å²) < 4.78 is 7.44. The molecule has 0 aliphatic heterocycles. The van der Waals surface area contributed by atoms with E-state index >= 15 is 0 Å². The molecule has 7 nitrogen and oxygen atoms in total. The number of thiazole rings is 1. The minimum Gasteiger partial charge on any atom is -0.497 e. The summed E-state index contributed by atoms with van der Waals surface area (Å²) in [4.78, 5) is 5.34. The van der Waals surface area contributed by atoms with Crippen molar-refractivity contribution in [2.24, 2.45) is 5.92 Å². The molecule has 0 aliphatic carbocycles. The highest BCUT2D eigenvalue weighted by Crippen LogP contribution is 2.41. The molecule has 1 unspecified atom stereocenters. The molecule has 33 heavy (non-hydrogen) atoms. The maximum atomic E-state index is 11.2. The van der Waals surface area contributed by atoms with Crippen LogP contribution in [-0.4, -0.2) is 27.0 Å². The number of nitriles is 2. The van der Waals surface area contributed by atoms with Gasteiger partial charge >= 0.3 is 0 Å². The molecular formula is C24H18BrN5O2S. The minimum atomic E-state index is -1.00. The fourth-order valence-corrected chi connectivity index (χ4v) is 4.79. The molecule has 1 N–H and O–H groups in total. The van der Waals surface area contributed by atoms with E-state index in [0.717, 1.165) is 26.2 Å². The number of aromatic nitrogens is 3.